The van der Waals surface area contributed by atoms with Gasteiger partial charge in [0, 0.05) is 29.3 Å². The van der Waals surface area contributed by atoms with Gasteiger partial charge < -0.3 is 19.9 Å². The standard InChI is InChI=1S/C26H31N3O3/c1-4-16-6-11-20(21(12-16)32-15-31-5-2)24-22-17-7-9-18(10-8-17)23(22)25(29-28-24)27-19-13-26(3,30)14-19/h1,6,11-12,17-19,30H,5,7-10,13-15H2,2-3H3,(H,27,29). The fraction of sp³-hybridized carbons (Fsp3) is 0.538. The van der Waals surface area contributed by atoms with Crippen molar-refractivity contribution < 1.29 is 14.6 Å². The molecule has 2 aromatic rings. The summed E-state index contributed by atoms with van der Waals surface area (Å²) < 4.78 is 11.4. The fourth-order valence-electron chi connectivity index (χ4n) is 5.68. The van der Waals surface area contributed by atoms with Crippen molar-refractivity contribution in [2.45, 2.75) is 75.9 Å². The molecule has 2 fully saturated rings. The summed E-state index contributed by atoms with van der Waals surface area (Å²) in [5.74, 6) is 5.26. The first-order valence-electron chi connectivity index (χ1n) is 11.7. The highest BCUT2D eigenvalue weighted by Crippen LogP contribution is 2.54. The molecule has 0 aliphatic heterocycles. The molecule has 32 heavy (non-hydrogen) atoms. The molecule has 0 spiro atoms. The Morgan fingerprint density at radius 1 is 1.16 bits per heavy atom. The lowest BCUT2D eigenvalue weighted by Crippen LogP contribution is -2.48. The average molecular weight is 434 g/mol. The molecule has 4 aliphatic rings. The van der Waals surface area contributed by atoms with Gasteiger partial charge in [-0.25, -0.2) is 0 Å². The van der Waals surface area contributed by atoms with Crippen LogP contribution in [0, 0.1) is 12.3 Å². The monoisotopic (exact) mass is 433 g/mol. The van der Waals surface area contributed by atoms with Crippen LogP contribution in [0.25, 0.3) is 11.3 Å². The molecule has 6 nitrogen and oxygen atoms in total. The highest BCUT2D eigenvalue weighted by Gasteiger charge is 2.42. The molecule has 4 aliphatic carbocycles. The molecule has 0 saturated heterocycles. The number of ether oxygens (including phenoxy) is 2. The van der Waals surface area contributed by atoms with E-state index >= 15 is 0 Å². The van der Waals surface area contributed by atoms with E-state index in [0.29, 0.717) is 24.2 Å². The molecular weight excluding hydrogens is 402 g/mol. The van der Waals surface area contributed by atoms with Gasteiger partial charge in [-0.3, -0.25) is 0 Å². The molecule has 1 aromatic heterocycles. The number of hydrogen-bond acceptors (Lipinski definition) is 6. The minimum Gasteiger partial charge on any atom is -0.467 e. The second-order valence-electron chi connectivity index (χ2n) is 9.63. The summed E-state index contributed by atoms with van der Waals surface area (Å²) in [6.45, 7) is 4.58. The maximum absolute atomic E-state index is 10.1. The predicted molar refractivity (Wildman–Crippen MR) is 124 cm³/mol. The summed E-state index contributed by atoms with van der Waals surface area (Å²) in [5.41, 5.74) is 4.63. The van der Waals surface area contributed by atoms with E-state index in [0.717, 1.165) is 35.5 Å². The molecule has 0 radical (unpaired) electrons. The van der Waals surface area contributed by atoms with Crippen LogP contribution < -0.4 is 10.1 Å². The van der Waals surface area contributed by atoms with Crippen molar-refractivity contribution in [1.82, 2.24) is 10.2 Å². The van der Waals surface area contributed by atoms with Gasteiger partial charge in [-0.1, -0.05) is 5.92 Å². The maximum Gasteiger partial charge on any atom is 0.189 e. The predicted octanol–water partition coefficient (Wildman–Crippen LogP) is 4.58. The van der Waals surface area contributed by atoms with Gasteiger partial charge in [-0.2, -0.15) is 0 Å². The van der Waals surface area contributed by atoms with Crippen molar-refractivity contribution >= 4 is 5.82 Å². The minimum atomic E-state index is -0.574. The Hall–Kier alpha value is -2.62. The number of terminal acetylenes is 1. The number of aromatic nitrogens is 2. The van der Waals surface area contributed by atoms with Crippen LogP contribution in [0.15, 0.2) is 18.2 Å². The Kier molecular flexibility index (Phi) is 5.56. The van der Waals surface area contributed by atoms with Gasteiger partial charge in [0.1, 0.15) is 11.4 Å². The highest BCUT2D eigenvalue weighted by atomic mass is 16.7. The lowest BCUT2D eigenvalue weighted by molar-refractivity contribution is -0.0235. The second-order valence-corrected chi connectivity index (χ2v) is 9.63. The van der Waals surface area contributed by atoms with Gasteiger partial charge in [-0.15, -0.1) is 16.6 Å². The first-order valence-corrected chi connectivity index (χ1v) is 11.7. The number of nitrogens with zero attached hydrogens (tertiary/aromatic N) is 2. The van der Waals surface area contributed by atoms with E-state index in [-0.39, 0.29) is 12.8 Å². The number of nitrogens with one attached hydrogen (secondary N) is 1. The molecule has 0 atom stereocenters. The smallest absolute Gasteiger partial charge is 0.189 e. The lowest BCUT2D eigenvalue weighted by Gasteiger charge is -2.44. The molecule has 0 unspecified atom stereocenters. The Balaban J connectivity index is 1.56. The van der Waals surface area contributed by atoms with E-state index in [1.54, 1.807) is 0 Å². The van der Waals surface area contributed by atoms with Crippen molar-refractivity contribution in [1.29, 1.82) is 0 Å². The van der Waals surface area contributed by atoms with Gasteiger partial charge in [0.25, 0.3) is 0 Å². The zero-order valence-electron chi connectivity index (χ0n) is 18.9. The number of fused-ring (bicyclic) bond motifs is 2. The van der Waals surface area contributed by atoms with Crippen molar-refractivity contribution in [3.63, 3.8) is 0 Å². The van der Waals surface area contributed by atoms with Crippen LogP contribution in [0.3, 0.4) is 0 Å². The first kappa shape index (κ1) is 21.2. The molecular formula is C26H31N3O3. The van der Waals surface area contributed by atoms with Gasteiger partial charge in [-0.05, 0) is 88.0 Å². The van der Waals surface area contributed by atoms with E-state index in [1.165, 1.54) is 36.8 Å². The number of rotatable bonds is 7. The topological polar surface area (TPSA) is 76.5 Å². The van der Waals surface area contributed by atoms with Crippen molar-refractivity contribution in [2.75, 3.05) is 18.7 Å². The normalized spacial score (nSPS) is 27.9. The van der Waals surface area contributed by atoms with Crippen LogP contribution in [0.2, 0.25) is 0 Å². The van der Waals surface area contributed by atoms with E-state index in [1.807, 2.05) is 32.0 Å². The van der Waals surface area contributed by atoms with Crippen LogP contribution in [0.4, 0.5) is 5.82 Å². The Bertz CT molecular complexity index is 1040. The number of anilines is 1. The molecule has 6 rings (SSSR count). The third-order valence-corrected chi connectivity index (χ3v) is 7.21. The number of aliphatic hydroxyl groups is 1. The molecule has 1 aromatic carbocycles. The molecule has 2 saturated carbocycles. The number of benzene rings is 1. The second kappa shape index (κ2) is 8.38. The highest BCUT2D eigenvalue weighted by molar-refractivity contribution is 5.75. The molecule has 2 bridgehead atoms. The first-order chi connectivity index (χ1) is 15.5. The van der Waals surface area contributed by atoms with Crippen LogP contribution in [0.5, 0.6) is 5.75 Å². The summed E-state index contributed by atoms with van der Waals surface area (Å²) in [6, 6.07) is 6.06. The van der Waals surface area contributed by atoms with E-state index in [2.05, 4.69) is 16.3 Å². The lowest BCUT2D eigenvalue weighted by atomic mass is 9.66. The summed E-state index contributed by atoms with van der Waals surface area (Å²) in [6.07, 6.45) is 11.9. The van der Waals surface area contributed by atoms with Crippen LogP contribution in [0.1, 0.15) is 80.9 Å². The molecule has 6 heteroatoms. The van der Waals surface area contributed by atoms with Crippen LogP contribution >= 0.6 is 0 Å². The zero-order valence-corrected chi connectivity index (χ0v) is 18.9. The number of hydrogen-bond donors (Lipinski definition) is 2. The molecule has 2 N–H and O–H groups in total. The minimum absolute atomic E-state index is 0.167. The fourth-order valence-corrected chi connectivity index (χ4v) is 5.68. The van der Waals surface area contributed by atoms with Gasteiger partial charge in [0.05, 0.1) is 5.60 Å². The Morgan fingerprint density at radius 3 is 2.53 bits per heavy atom. The summed E-state index contributed by atoms with van der Waals surface area (Å²) in [7, 11) is 0. The summed E-state index contributed by atoms with van der Waals surface area (Å²) in [5, 5.41) is 23.1. The van der Waals surface area contributed by atoms with Gasteiger partial charge >= 0.3 is 0 Å². The Morgan fingerprint density at radius 2 is 1.88 bits per heavy atom. The SMILES string of the molecule is C#Cc1ccc(-c2nnc(NC3CC(C)(O)C3)c3c2C2CCC3CC2)c(OCOCC)c1. The van der Waals surface area contributed by atoms with E-state index < -0.39 is 5.60 Å². The third-order valence-electron chi connectivity index (χ3n) is 7.21. The Labute approximate surface area is 189 Å². The molecule has 0 amide bonds. The summed E-state index contributed by atoms with van der Waals surface area (Å²) in [4.78, 5) is 0. The van der Waals surface area contributed by atoms with Gasteiger partial charge in [0.2, 0.25) is 0 Å². The van der Waals surface area contributed by atoms with E-state index in [9.17, 15) is 5.11 Å². The van der Waals surface area contributed by atoms with E-state index in [4.69, 9.17) is 21.0 Å². The van der Waals surface area contributed by atoms with Crippen LogP contribution in [-0.4, -0.2) is 40.3 Å². The zero-order chi connectivity index (χ0) is 22.3. The summed E-state index contributed by atoms with van der Waals surface area (Å²) >= 11 is 0. The maximum atomic E-state index is 10.1. The van der Waals surface area contributed by atoms with Gasteiger partial charge in [0.15, 0.2) is 12.6 Å². The van der Waals surface area contributed by atoms with Crippen molar-refractivity contribution in [2.24, 2.45) is 0 Å². The van der Waals surface area contributed by atoms with Crippen molar-refractivity contribution in [3.8, 4) is 29.4 Å². The van der Waals surface area contributed by atoms with Crippen molar-refractivity contribution in [3.05, 3.63) is 34.9 Å². The molecule has 168 valence electrons. The largest absolute Gasteiger partial charge is 0.467 e. The third kappa shape index (κ3) is 3.85. The quantitative estimate of drug-likeness (QED) is 0.378. The average Bonchev–Trinajstić information content (AvgIpc) is 2.79. The molecule has 1 heterocycles. The van der Waals surface area contributed by atoms with Crippen LogP contribution in [-0.2, 0) is 4.74 Å².